The van der Waals surface area contributed by atoms with Crippen molar-refractivity contribution >= 4 is 53.4 Å². The van der Waals surface area contributed by atoms with E-state index in [1.807, 2.05) is 57.9 Å². The molecule has 0 fully saturated rings. The molecule has 0 spiro atoms. The molecule has 0 saturated heterocycles. The number of hydrogen-bond donors (Lipinski definition) is 0. The van der Waals surface area contributed by atoms with Crippen LogP contribution in [0.1, 0.15) is 0 Å². The van der Waals surface area contributed by atoms with Crippen molar-refractivity contribution < 1.29 is 0 Å². The smallest absolute Gasteiger partial charge is 0.209 e. The Kier molecular flexibility index (Phi) is 6.86. The van der Waals surface area contributed by atoms with Crippen LogP contribution >= 0.6 is 53.4 Å². The van der Waals surface area contributed by atoms with Crippen molar-refractivity contribution in [1.82, 2.24) is 60.0 Å². The second-order valence-corrected chi connectivity index (χ2v) is 11.8. The van der Waals surface area contributed by atoms with E-state index in [1.165, 1.54) is 31.2 Å². The molecule has 4 heterocycles. The molecule has 16 heteroatoms. The maximum atomic E-state index is 4.66. The molecule has 6 rings (SSSR count). The van der Waals surface area contributed by atoms with Crippen LogP contribution in [0, 0.1) is 0 Å². The molecule has 0 unspecified atom stereocenters. The zero-order chi connectivity index (χ0) is 26.2. The van der Waals surface area contributed by atoms with Gasteiger partial charge < -0.3 is 0 Å². The van der Waals surface area contributed by atoms with Gasteiger partial charge in [-0.1, -0.05) is 31.9 Å². The van der Waals surface area contributed by atoms with Crippen LogP contribution < -0.4 is 0 Å². The van der Waals surface area contributed by atoms with Crippen LogP contribution in [0.15, 0.2) is 79.9 Å². The summed E-state index contributed by atoms with van der Waals surface area (Å²) in [6, 6.07) is 15.8. The van der Waals surface area contributed by atoms with E-state index in [-0.39, 0.29) is 0 Å². The lowest BCUT2D eigenvalue weighted by atomic mass is 10.3. The predicted molar refractivity (Wildman–Crippen MR) is 150 cm³/mol. The quantitative estimate of drug-likeness (QED) is 0.220. The molecule has 0 atom stereocenters. The Bertz CT molecular complexity index is 1590. The first-order chi connectivity index (χ1) is 18.5. The highest BCUT2D eigenvalue weighted by Gasteiger charge is 2.23. The Hall–Kier alpha value is -3.34. The van der Waals surface area contributed by atoms with Gasteiger partial charge in [-0.15, -0.1) is 20.4 Å². The van der Waals surface area contributed by atoms with Gasteiger partial charge in [-0.2, -0.15) is 19.8 Å². The third-order valence-electron chi connectivity index (χ3n) is 5.29. The van der Waals surface area contributed by atoms with Gasteiger partial charge in [-0.05, 0) is 80.5 Å². The summed E-state index contributed by atoms with van der Waals surface area (Å²) in [5.74, 6) is 0.965. The van der Waals surface area contributed by atoms with Gasteiger partial charge in [0.15, 0.2) is 0 Å². The number of aryl methyl sites for hydroxylation is 2. The molecule has 0 aliphatic heterocycles. The van der Waals surface area contributed by atoms with E-state index in [9.17, 15) is 0 Å². The molecule has 0 saturated carbocycles. The third kappa shape index (κ3) is 4.91. The van der Waals surface area contributed by atoms with Crippen molar-refractivity contribution in [2.24, 2.45) is 14.1 Å². The Morgan fingerprint density at radius 1 is 0.605 bits per heavy atom. The predicted octanol–water partition coefficient (Wildman–Crippen LogP) is 4.76. The monoisotopic (exact) mass is 670 g/mol. The van der Waals surface area contributed by atoms with Crippen molar-refractivity contribution in [2.75, 3.05) is 0 Å². The molecule has 190 valence electrons. The molecule has 0 aliphatic rings. The zero-order valence-electron chi connectivity index (χ0n) is 19.7. The Morgan fingerprint density at radius 3 is 1.34 bits per heavy atom. The van der Waals surface area contributed by atoms with Crippen LogP contribution in [0.5, 0.6) is 0 Å². The van der Waals surface area contributed by atoms with E-state index in [4.69, 9.17) is 0 Å². The van der Waals surface area contributed by atoms with Gasteiger partial charge in [-0.25, -0.2) is 9.36 Å². The number of hydrogen-bond acceptors (Lipinski definition) is 10. The fourth-order valence-corrected chi connectivity index (χ4v) is 6.57. The Morgan fingerprint density at radius 2 is 1.00 bits per heavy atom. The number of nitrogens with zero attached hydrogens (tertiary/aromatic N) is 12. The van der Waals surface area contributed by atoms with Gasteiger partial charge in [-0.3, -0.25) is 0 Å². The molecular weight excluding hydrogens is 656 g/mol. The lowest BCUT2D eigenvalue weighted by Gasteiger charge is -2.11. The molecule has 38 heavy (non-hydrogen) atoms. The van der Waals surface area contributed by atoms with E-state index < -0.39 is 0 Å². The number of aromatic nitrogens is 12. The molecule has 0 amide bonds. The fourth-order valence-electron chi connectivity index (χ4n) is 3.54. The third-order valence-corrected chi connectivity index (χ3v) is 8.73. The summed E-state index contributed by atoms with van der Waals surface area (Å²) >= 11 is 7.01. The molecule has 0 radical (unpaired) electrons. The lowest BCUT2D eigenvalue weighted by molar-refractivity contribution is 0.630. The van der Waals surface area contributed by atoms with Gasteiger partial charge in [0.25, 0.3) is 0 Å². The summed E-state index contributed by atoms with van der Waals surface area (Å²) < 4.78 is 5.67. The van der Waals surface area contributed by atoms with Gasteiger partial charge in [0.05, 0.1) is 49.0 Å². The van der Waals surface area contributed by atoms with E-state index >= 15 is 0 Å². The van der Waals surface area contributed by atoms with Crippen molar-refractivity contribution in [3.05, 3.63) is 69.9 Å². The molecule has 2 aromatic carbocycles. The molecule has 12 nitrogen and oxygen atoms in total. The lowest BCUT2D eigenvalue weighted by Crippen LogP contribution is -2.00. The number of rotatable bonds is 7. The average Bonchev–Trinajstić information content (AvgIpc) is 3.70. The van der Waals surface area contributed by atoms with Crippen LogP contribution in [-0.4, -0.2) is 60.0 Å². The maximum Gasteiger partial charge on any atom is 0.209 e. The van der Waals surface area contributed by atoms with E-state index in [2.05, 4.69) is 72.9 Å². The standard InChI is InChI=1S/C22H16Br2N12S2/c1-33-29-19(27-31-33)17-11-25-35(15-7-3-13(23)4-8-15)21(17)37-38-22-18(20-28-32-34(2)30-20)12-26-36(22)16-9-5-14(24)6-10-16/h3-12H,1-2H3. The van der Waals surface area contributed by atoms with Crippen molar-refractivity contribution in [2.45, 2.75) is 10.1 Å². The fraction of sp³-hybridized carbons (Fsp3) is 0.0909. The topological polar surface area (TPSA) is 123 Å². The summed E-state index contributed by atoms with van der Waals surface area (Å²) in [5, 5.41) is 36.2. The van der Waals surface area contributed by atoms with Gasteiger partial charge in [0.2, 0.25) is 11.6 Å². The molecule has 4 aromatic heterocycles. The summed E-state index contributed by atoms with van der Waals surface area (Å²) in [7, 11) is 6.47. The largest absolute Gasteiger partial charge is 0.226 e. The Labute approximate surface area is 240 Å². The molecular formula is C22H16Br2N12S2. The minimum Gasteiger partial charge on any atom is -0.226 e. The normalized spacial score (nSPS) is 11.4. The van der Waals surface area contributed by atoms with Gasteiger partial charge in [0, 0.05) is 8.95 Å². The summed E-state index contributed by atoms with van der Waals surface area (Å²) in [6.45, 7) is 0. The average molecular weight is 672 g/mol. The minimum atomic E-state index is 0.483. The van der Waals surface area contributed by atoms with Crippen LogP contribution in [0.3, 0.4) is 0 Å². The number of halogens is 2. The highest BCUT2D eigenvalue weighted by Crippen LogP contribution is 2.45. The van der Waals surface area contributed by atoms with E-state index in [0.29, 0.717) is 11.6 Å². The van der Waals surface area contributed by atoms with E-state index in [1.54, 1.807) is 26.5 Å². The van der Waals surface area contributed by atoms with Gasteiger partial charge >= 0.3 is 0 Å². The first-order valence-corrected chi connectivity index (χ1v) is 14.7. The van der Waals surface area contributed by atoms with Crippen LogP contribution in [-0.2, 0) is 14.1 Å². The van der Waals surface area contributed by atoms with Crippen molar-refractivity contribution in [3.8, 4) is 34.2 Å². The SMILES string of the molecule is Cn1nnc(-c2cnn(-c3ccc(Br)cc3)c2SSc2c(-c3nnn(C)n3)cnn2-c2ccc(Br)cc2)n1. The second-order valence-electron chi connectivity index (χ2n) is 7.87. The highest BCUT2D eigenvalue weighted by molar-refractivity contribution is 9.10. The van der Waals surface area contributed by atoms with Crippen LogP contribution in [0.2, 0.25) is 0 Å². The molecule has 0 bridgehead atoms. The summed E-state index contributed by atoms with van der Waals surface area (Å²) in [4.78, 5) is 2.85. The molecule has 0 N–H and O–H groups in total. The Balaban J connectivity index is 1.44. The first-order valence-electron chi connectivity index (χ1n) is 11.0. The molecule has 6 aromatic rings. The molecule has 0 aliphatic carbocycles. The summed E-state index contributed by atoms with van der Waals surface area (Å²) in [5.41, 5.74) is 3.30. The zero-order valence-corrected chi connectivity index (χ0v) is 24.5. The number of tetrazole rings is 2. The van der Waals surface area contributed by atoms with E-state index in [0.717, 1.165) is 41.5 Å². The van der Waals surface area contributed by atoms with Crippen LogP contribution in [0.4, 0.5) is 0 Å². The number of benzene rings is 2. The second kappa shape index (κ2) is 10.4. The van der Waals surface area contributed by atoms with Crippen molar-refractivity contribution in [3.63, 3.8) is 0 Å². The van der Waals surface area contributed by atoms with Gasteiger partial charge in [0.1, 0.15) is 10.1 Å². The van der Waals surface area contributed by atoms with Crippen LogP contribution in [0.25, 0.3) is 34.2 Å². The maximum absolute atomic E-state index is 4.66. The first kappa shape index (κ1) is 25.0. The highest BCUT2D eigenvalue weighted by atomic mass is 79.9. The minimum absolute atomic E-state index is 0.483. The van der Waals surface area contributed by atoms with Crippen molar-refractivity contribution in [1.29, 1.82) is 0 Å². The summed E-state index contributed by atoms with van der Waals surface area (Å²) in [6.07, 6.45) is 3.50.